The first-order valence-electron chi connectivity index (χ1n) is 16.6. The number of carbonyl (C=O) groups is 3. The van der Waals surface area contributed by atoms with Crippen molar-refractivity contribution in [1.29, 1.82) is 0 Å². The number of rotatable bonds is 6. The summed E-state index contributed by atoms with van der Waals surface area (Å²) in [6.07, 6.45) is 3.29. The van der Waals surface area contributed by atoms with Gasteiger partial charge in [-0.1, -0.05) is 57.5 Å². The number of piperidine rings is 2. The smallest absolute Gasteiger partial charge is 0.410 e. The first-order chi connectivity index (χ1) is 22.3. The van der Waals surface area contributed by atoms with Gasteiger partial charge in [0.15, 0.2) is 6.10 Å². The number of nitrogens with one attached hydrogen (secondary N) is 2. The van der Waals surface area contributed by atoms with E-state index in [4.69, 9.17) is 4.74 Å². The van der Waals surface area contributed by atoms with Gasteiger partial charge in [-0.2, -0.15) is 0 Å². The molecule has 12 heteroatoms. The lowest BCUT2D eigenvalue weighted by Gasteiger charge is -2.41. The van der Waals surface area contributed by atoms with Gasteiger partial charge in [-0.15, -0.1) is 0 Å². The molecule has 10 nitrogen and oxygen atoms in total. The number of amides is 4. The molecular weight excluding hydrogens is 728 g/mol. The zero-order valence-corrected chi connectivity index (χ0v) is 29.7. The summed E-state index contributed by atoms with van der Waals surface area (Å²) in [7, 11) is 0. The van der Waals surface area contributed by atoms with Crippen LogP contribution < -0.4 is 10.6 Å². The van der Waals surface area contributed by atoms with E-state index < -0.39 is 12.2 Å². The Balaban J connectivity index is 0.00000433. The fourth-order valence-corrected chi connectivity index (χ4v) is 8.47. The second-order valence-electron chi connectivity index (χ2n) is 12.9. The molecule has 0 bridgehead atoms. The number of likely N-dealkylation sites (tertiary alicyclic amines) is 1. The van der Waals surface area contributed by atoms with Crippen molar-refractivity contribution in [2.75, 3.05) is 64.2 Å². The molecule has 1 atom stereocenters. The Kier molecular flexibility index (Phi) is 12.2. The summed E-state index contributed by atoms with van der Waals surface area (Å²) in [6, 6.07) is 12.4. The van der Waals surface area contributed by atoms with Gasteiger partial charge >= 0.3 is 12.1 Å². The summed E-state index contributed by atoms with van der Waals surface area (Å²) >= 11 is 7.26. The lowest BCUT2D eigenvalue weighted by atomic mass is 10.0. The Bertz CT molecular complexity index is 1400. The van der Waals surface area contributed by atoms with E-state index in [2.05, 4.69) is 53.5 Å². The number of halogens is 2. The highest BCUT2D eigenvalue weighted by atomic mass is 79.9. The van der Waals surface area contributed by atoms with Crippen molar-refractivity contribution in [3.8, 4) is 0 Å². The zero-order valence-electron chi connectivity index (χ0n) is 26.5. The van der Waals surface area contributed by atoms with Gasteiger partial charge in [-0.05, 0) is 87.0 Å². The predicted octanol–water partition coefficient (Wildman–Crippen LogP) is 5.65. The van der Waals surface area contributed by atoms with E-state index in [1.54, 1.807) is 4.90 Å². The molecular formula is C35H48Br2N6O4. The van der Waals surface area contributed by atoms with E-state index >= 15 is 0 Å². The molecule has 0 aromatic heterocycles. The number of nitrogens with zero attached hydrogens (tertiary/aromatic N) is 4. The molecule has 4 heterocycles. The van der Waals surface area contributed by atoms with E-state index in [0.29, 0.717) is 58.0 Å². The molecule has 2 N–H and O–H groups in total. The number of fused-ring (bicyclic) bond motifs is 1. The quantitative estimate of drug-likeness (QED) is 0.394. The number of hydrogen-bond donors (Lipinski definition) is 2. The highest BCUT2D eigenvalue weighted by Crippen LogP contribution is 2.29. The third kappa shape index (κ3) is 8.50. The molecule has 6 rings (SSSR count). The molecule has 0 aliphatic carbocycles. The van der Waals surface area contributed by atoms with Crippen LogP contribution in [0.5, 0.6) is 0 Å². The Morgan fingerprint density at radius 2 is 1.55 bits per heavy atom. The van der Waals surface area contributed by atoms with Gasteiger partial charge in [0.25, 0.3) is 5.91 Å². The van der Waals surface area contributed by atoms with Crippen LogP contribution in [0, 0.1) is 6.92 Å². The summed E-state index contributed by atoms with van der Waals surface area (Å²) in [5.41, 5.74) is 3.99. The SMILES string of the molecule is C.Cc1c(Br)cc(C[C@@H](OC(=O)N2CCC(N3CCc4ccccc4NC3=O)CC2)C(=O)N2CCN(C3CCNCC3)CC2)cc1Br. The lowest BCUT2D eigenvalue weighted by molar-refractivity contribution is -0.143. The Morgan fingerprint density at radius 1 is 0.894 bits per heavy atom. The molecule has 256 valence electrons. The van der Waals surface area contributed by atoms with E-state index in [1.165, 1.54) is 0 Å². The van der Waals surface area contributed by atoms with Gasteiger partial charge in [0.1, 0.15) is 0 Å². The highest BCUT2D eigenvalue weighted by molar-refractivity contribution is 9.11. The summed E-state index contributed by atoms with van der Waals surface area (Å²) < 4.78 is 7.95. The summed E-state index contributed by atoms with van der Waals surface area (Å²) in [5, 5.41) is 6.49. The normalized spacial score (nSPS) is 20.5. The number of benzene rings is 2. The summed E-state index contributed by atoms with van der Waals surface area (Å²) in [4.78, 5) is 48.6. The Morgan fingerprint density at radius 3 is 2.23 bits per heavy atom. The number of urea groups is 1. The summed E-state index contributed by atoms with van der Waals surface area (Å²) in [5.74, 6) is -0.137. The molecule has 4 amide bonds. The first-order valence-corrected chi connectivity index (χ1v) is 18.1. The van der Waals surface area contributed by atoms with Gasteiger partial charge in [-0.3, -0.25) is 9.69 Å². The lowest BCUT2D eigenvalue weighted by Crippen LogP contribution is -2.56. The maximum Gasteiger partial charge on any atom is 0.410 e. The monoisotopic (exact) mass is 774 g/mol. The number of hydrogen-bond acceptors (Lipinski definition) is 6. The molecule has 2 aromatic carbocycles. The predicted molar refractivity (Wildman–Crippen MR) is 192 cm³/mol. The van der Waals surface area contributed by atoms with Crippen molar-refractivity contribution >= 4 is 55.6 Å². The molecule has 2 aromatic rings. The largest absolute Gasteiger partial charge is 0.436 e. The fourth-order valence-electron chi connectivity index (χ4n) is 7.19. The van der Waals surface area contributed by atoms with Crippen LogP contribution in [0.1, 0.15) is 49.8 Å². The Labute approximate surface area is 295 Å². The van der Waals surface area contributed by atoms with Crippen molar-refractivity contribution in [2.45, 2.75) is 71.1 Å². The number of para-hydroxylation sites is 1. The Hall–Kier alpha value is -2.67. The third-order valence-corrected chi connectivity index (χ3v) is 11.7. The topological polar surface area (TPSA) is 97.5 Å². The molecule has 4 aliphatic heterocycles. The van der Waals surface area contributed by atoms with Crippen LogP contribution in [0.4, 0.5) is 15.3 Å². The van der Waals surface area contributed by atoms with Gasteiger partial charge in [0, 0.05) is 79.0 Å². The minimum atomic E-state index is -0.924. The maximum absolute atomic E-state index is 14.0. The second-order valence-corrected chi connectivity index (χ2v) is 14.6. The number of carbonyl (C=O) groups excluding carboxylic acids is 3. The van der Waals surface area contributed by atoms with Crippen molar-refractivity contribution < 1.29 is 19.1 Å². The number of piperazine rings is 1. The minimum Gasteiger partial charge on any atom is -0.436 e. The number of ether oxygens (including phenoxy) is 1. The molecule has 0 radical (unpaired) electrons. The van der Waals surface area contributed by atoms with E-state index in [1.807, 2.05) is 47.1 Å². The van der Waals surface area contributed by atoms with Crippen LogP contribution in [-0.4, -0.2) is 115 Å². The van der Waals surface area contributed by atoms with Gasteiger partial charge in [0.05, 0.1) is 0 Å². The molecule has 4 aliphatic rings. The molecule has 0 unspecified atom stereocenters. The van der Waals surface area contributed by atoms with Crippen LogP contribution >= 0.6 is 31.9 Å². The van der Waals surface area contributed by atoms with Crippen LogP contribution in [0.3, 0.4) is 0 Å². The average molecular weight is 777 g/mol. The van der Waals surface area contributed by atoms with Crippen LogP contribution in [-0.2, 0) is 22.4 Å². The fraction of sp³-hybridized carbons (Fsp3) is 0.571. The second kappa shape index (κ2) is 16.2. The molecule has 0 saturated carbocycles. The standard InChI is InChI=1S/C34H44Br2N6O4.CH4/c1-23-28(35)20-24(21-29(23)36)22-31(32(43)40-18-16-39(17-19-40)26-6-11-37-12-7-26)46-34(45)41-13-9-27(10-14-41)42-15-8-25-4-2-3-5-30(25)38-33(42)44;/h2-5,20-21,26-27,31,37H,6-19,22H2,1H3,(H,38,44);1H4/t31-;/m1./s1. The van der Waals surface area contributed by atoms with Crippen molar-refractivity contribution in [3.05, 3.63) is 62.0 Å². The highest BCUT2D eigenvalue weighted by Gasteiger charge is 2.36. The van der Waals surface area contributed by atoms with Crippen molar-refractivity contribution in [2.24, 2.45) is 0 Å². The van der Waals surface area contributed by atoms with Crippen LogP contribution in [0.25, 0.3) is 0 Å². The zero-order chi connectivity index (χ0) is 32.2. The maximum atomic E-state index is 14.0. The number of anilines is 1. The van der Waals surface area contributed by atoms with Crippen LogP contribution in [0.15, 0.2) is 45.3 Å². The van der Waals surface area contributed by atoms with Crippen LogP contribution in [0.2, 0.25) is 0 Å². The van der Waals surface area contributed by atoms with E-state index in [-0.39, 0.29) is 25.4 Å². The third-order valence-electron chi connectivity index (χ3n) is 10.0. The van der Waals surface area contributed by atoms with Gasteiger partial charge in [-0.25, -0.2) is 9.59 Å². The molecule has 0 spiro atoms. The molecule has 47 heavy (non-hydrogen) atoms. The molecule has 3 fully saturated rings. The van der Waals surface area contributed by atoms with E-state index in [9.17, 15) is 14.4 Å². The van der Waals surface area contributed by atoms with Crippen molar-refractivity contribution in [1.82, 2.24) is 24.9 Å². The van der Waals surface area contributed by atoms with Gasteiger partial charge in [0.2, 0.25) is 0 Å². The average Bonchev–Trinajstić information content (AvgIpc) is 3.25. The first kappa shape index (κ1) is 35.6. The molecule has 3 saturated heterocycles. The van der Waals surface area contributed by atoms with E-state index in [0.717, 1.165) is 76.8 Å². The van der Waals surface area contributed by atoms with Crippen molar-refractivity contribution in [3.63, 3.8) is 0 Å². The minimum absolute atomic E-state index is 0. The summed E-state index contributed by atoms with van der Waals surface area (Å²) in [6.45, 7) is 8.61. The van der Waals surface area contributed by atoms with Gasteiger partial charge < -0.3 is 30.1 Å².